The Kier molecular flexibility index (Phi) is 5.22. The first-order valence-corrected chi connectivity index (χ1v) is 9.97. The van der Waals surface area contributed by atoms with Gasteiger partial charge in [0.2, 0.25) is 0 Å². The van der Waals surface area contributed by atoms with Gasteiger partial charge in [-0.25, -0.2) is 9.97 Å². The van der Waals surface area contributed by atoms with E-state index in [0.717, 1.165) is 57.7 Å². The number of halogens is 1. The van der Waals surface area contributed by atoms with Gasteiger partial charge in [0.15, 0.2) is 0 Å². The van der Waals surface area contributed by atoms with Crippen LogP contribution in [0.5, 0.6) is 0 Å². The van der Waals surface area contributed by atoms with Crippen molar-refractivity contribution >= 4 is 50.9 Å². The molecule has 138 valence electrons. The zero-order valence-electron chi connectivity index (χ0n) is 15.0. The van der Waals surface area contributed by atoms with Crippen LogP contribution in [0.3, 0.4) is 0 Å². The summed E-state index contributed by atoms with van der Waals surface area (Å²) in [6.07, 6.45) is 1.59. The third kappa shape index (κ3) is 3.89. The van der Waals surface area contributed by atoms with E-state index in [1.807, 2.05) is 43.3 Å². The smallest absolute Gasteiger partial charge is 0.255 e. The molecule has 1 fully saturated rings. The number of amides is 1. The molecule has 1 aromatic heterocycles. The number of aryl methyl sites for hydroxylation is 1. The van der Waals surface area contributed by atoms with Gasteiger partial charge in [-0.1, -0.05) is 6.07 Å². The molecule has 1 aliphatic rings. The minimum Gasteiger partial charge on any atom is -0.353 e. The average Bonchev–Trinajstić information content (AvgIpc) is 2.70. The van der Waals surface area contributed by atoms with Gasteiger partial charge in [-0.05, 0) is 65.4 Å². The highest BCUT2D eigenvalue weighted by Crippen LogP contribution is 2.26. The molecule has 4 rings (SSSR count). The molecular formula is C20H20IN5O. The first-order valence-electron chi connectivity index (χ1n) is 8.90. The first-order chi connectivity index (χ1) is 13.1. The Balaban J connectivity index is 1.60. The van der Waals surface area contributed by atoms with Crippen LogP contribution in [-0.2, 0) is 0 Å². The van der Waals surface area contributed by atoms with Crippen molar-refractivity contribution in [2.45, 2.75) is 6.92 Å². The normalized spacial score (nSPS) is 14.4. The van der Waals surface area contributed by atoms with E-state index in [-0.39, 0.29) is 5.91 Å². The third-order valence-electron chi connectivity index (χ3n) is 4.72. The highest BCUT2D eigenvalue weighted by molar-refractivity contribution is 14.1. The highest BCUT2D eigenvalue weighted by Gasteiger charge is 2.15. The topological polar surface area (TPSA) is 70.2 Å². The number of hydrogen-bond donors (Lipinski definition) is 2. The molecule has 2 heterocycles. The first kappa shape index (κ1) is 18.1. The van der Waals surface area contributed by atoms with Gasteiger partial charge in [0.1, 0.15) is 12.1 Å². The van der Waals surface area contributed by atoms with E-state index >= 15 is 0 Å². The van der Waals surface area contributed by atoms with Gasteiger partial charge in [0.25, 0.3) is 5.91 Å². The van der Waals surface area contributed by atoms with E-state index in [9.17, 15) is 4.79 Å². The number of anilines is 2. The maximum Gasteiger partial charge on any atom is 0.255 e. The second-order valence-electron chi connectivity index (χ2n) is 6.58. The molecule has 3 aromatic rings. The lowest BCUT2D eigenvalue weighted by atomic mass is 10.1. The summed E-state index contributed by atoms with van der Waals surface area (Å²) in [6.45, 7) is 5.79. The predicted octanol–water partition coefficient (Wildman–Crippen LogP) is 3.20. The van der Waals surface area contributed by atoms with Gasteiger partial charge in [-0.15, -0.1) is 0 Å². The van der Waals surface area contributed by atoms with Crippen molar-refractivity contribution in [1.29, 1.82) is 0 Å². The number of fused-ring (bicyclic) bond motifs is 1. The number of aromatic nitrogens is 2. The fourth-order valence-electron chi connectivity index (χ4n) is 3.19. The summed E-state index contributed by atoms with van der Waals surface area (Å²) in [5.74, 6) is 0.830. The SMILES string of the molecule is Cc1ccc(C(=O)Nc2ccc3c(N4CCNCC4)ncnc3c2)cc1I. The zero-order valence-corrected chi connectivity index (χ0v) is 17.2. The Labute approximate surface area is 171 Å². The van der Waals surface area contributed by atoms with Gasteiger partial charge in [-0.3, -0.25) is 4.79 Å². The fraction of sp³-hybridized carbons (Fsp3) is 0.250. The van der Waals surface area contributed by atoms with Crippen LogP contribution < -0.4 is 15.5 Å². The monoisotopic (exact) mass is 473 g/mol. The maximum absolute atomic E-state index is 12.6. The van der Waals surface area contributed by atoms with E-state index in [4.69, 9.17) is 0 Å². The number of piperazine rings is 1. The second-order valence-corrected chi connectivity index (χ2v) is 7.75. The van der Waals surface area contributed by atoms with Gasteiger partial charge in [-0.2, -0.15) is 0 Å². The lowest BCUT2D eigenvalue weighted by Gasteiger charge is -2.29. The van der Waals surface area contributed by atoms with E-state index in [1.165, 1.54) is 0 Å². The Hall–Kier alpha value is -2.26. The number of nitrogens with one attached hydrogen (secondary N) is 2. The lowest BCUT2D eigenvalue weighted by molar-refractivity contribution is 0.102. The van der Waals surface area contributed by atoms with E-state index in [1.54, 1.807) is 6.33 Å². The zero-order chi connectivity index (χ0) is 18.8. The number of nitrogens with zero attached hydrogens (tertiary/aromatic N) is 3. The molecule has 0 unspecified atom stereocenters. The van der Waals surface area contributed by atoms with Gasteiger partial charge in [0, 0.05) is 46.4 Å². The summed E-state index contributed by atoms with van der Waals surface area (Å²) in [5.41, 5.74) is 3.37. The molecule has 1 aliphatic heterocycles. The van der Waals surface area contributed by atoms with Gasteiger partial charge >= 0.3 is 0 Å². The van der Waals surface area contributed by atoms with Crippen molar-refractivity contribution in [3.8, 4) is 0 Å². The molecule has 27 heavy (non-hydrogen) atoms. The maximum atomic E-state index is 12.6. The van der Waals surface area contributed by atoms with E-state index < -0.39 is 0 Å². The molecule has 7 heteroatoms. The van der Waals surface area contributed by atoms with Crippen LogP contribution >= 0.6 is 22.6 Å². The molecule has 1 amide bonds. The standard InChI is InChI=1S/C20H20IN5O/c1-13-2-3-14(10-17(13)21)20(27)25-15-4-5-16-18(11-15)23-12-24-19(16)26-8-6-22-7-9-26/h2-5,10-12,22H,6-9H2,1H3,(H,25,27). The number of carbonyl (C=O) groups is 1. The number of rotatable bonds is 3. The molecule has 1 saturated heterocycles. The molecule has 2 N–H and O–H groups in total. The van der Waals surface area contributed by atoms with E-state index in [2.05, 4.69) is 48.1 Å². The summed E-state index contributed by atoms with van der Waals surface area (Å²) in [5, 5.41) is 7.32. The number of carbonyl (C=O) groups excluding carboxylic acids is 1. The highest BCUT2D eigenvalue weighted by atomic mass is 127. The lowest BCUT2D eigenvalue weighted by Crippen LogP contribution is -2.44. The summed E-state index contributed by atoms with van der Waals surface area (Å²) >= 11 is 2.24. The third-order valence-corrected chi connectivity index (χ3v) is 5.89. The molecule has 0 radical (unpaired) electrons. The minimum absolute atomic E-state index is 0.122. The van der Waals surface area contributed by atoms with Gasteiger partial charge in [0.05, 0.1) is 5.52 Å². The van der Waals surface area contributed by atoms with Crippen molar-refractivity contribution in [2.24, 2.45) is 0 Å². The average molecular weight is 473 g/mol. The van der Waals surface area contributed by atoms with Crippen LogP contribution in [0.4, 0.5) is 11.5 Å². The van der Waals surface area contributed by atoms with Crippen molar-refractivity contribution in [2.75, 3.05) is 36.4 Å². The van der Waals surface area contributed by atoms with Crippen LogP contribution in [0.25, 0.3) is 10.9 Å². The summed E-state index contributed by atoms with van der Waals surface area (Å²) < 4.78 is 1.08. The van der Waals surface area contributed by atoms with Gasteiger partial charge < -0.3 is 15.5 Å². The van der Waals surface area contributed by atoms with Crippen LogP contribution in [0.15, 0.2) is 42.7 Å². The molecule has 0 aliphatic carbocycles. The number of hydrogen-bond acceptors (Lipinski definition) is 5. The summed E-state index contributed by atoms with van der Waals surface area (Å²) in [4.78, 5) is 23.7. The molecule has 0 bridgehead atoms. The van der Waals surface area contributed by atoms with Crippen LogP contribution in [0.2, 0.25) is 0 Å². The van der Waals surface area contributed by atoms with Crippen molar-refractivity contribution < 1.29 is 4.79 Å². The molecule has 0 spiro atoms. The molecule has 6 nitrogen and oxygen atoms in total. The quantitative estimate of drug-likeness (QED) is 0.572. The Morgan fingerprint density at radius 3 is 2.74 bits per heavy atom. The summed E-state index contributed by atoms with van der Waals surface area (Å²) in [7, 11) is 0. The fourth-order valence-corrected chi connectivity index (χ4v) is 3.70. The largest absolute Gasteiger partial charge is 0.353 e. The Morgan fingerprint density at radius 2 is 1.96 bits per heavy atom. The molecule has 2 aromatic carbocycles. The Morgan fingerprint density at radius 1 is 1.15 bits per heavy atom. The van der Waals surface area contributed by atoms with Crippen molar-refractivity contribution in [1.82, 2.24) is 15.3 Å². The van der Waals surface area contributed by atoms with Crippen LogP contribution in [0, 0.1) is 10.5 Å². The molecule has 0 atom stereocenters. The summed E-state index contributed by atoms with van der Waals surface area (Å²) in [6, 6.07) is 11.5. The second kappa shape index (κ2) is 7.77. The number of benzene rings is 2. The predicted molar refractivity (Wildman–Crippen MR) is 116 cm³/mol. The van der Waals surface area contributed by atoms with E-state index in [0.29, 0.717) is 5.56 Å². The Bertz CT molecular complexity index is 1000. The minimum atomic E-state index is -0.122. The van der Waals surface area contributed by atoms with Crippen molar-refractivity contribution in [3.05, 3.63) is 57.4 Å². The van der Waals surface area contributed by atoms with Crippen LogP contribution in [0.1, 0.15) is 15.9 Å². The molecule has 0 saturated carbocycles. The molecular weight excluding hydrogens is 453 g/mol. The van der Waals surface area contributed by atoms with Crippen LogP contribution in [-0.4, -0.2) is 42.1 Å². The van der Waals surface area contributed by atoms with Crippen molar-refractivity contribution in [3.63, 3.8) is 0 Å².